The maximum Gasteiger partial charge on any atom is 0.341 e. The third kappa shape index (κ3) is 3.38. The molecule has 0 saturated carbocycles. The number of carbonyl (C=O) groups is 2. The highest BCUT2D eigenvalue weighted by Gasteiger charge is 2.22. The number of aromatic nitrogens is 1. The maximum atomic E-state index is 12.5. The number of benzene rings is 2. The van der Waals surface area contributed by atoms with Crippen LogP contribution < -0.4 is 14.8 Å². The molecule has 1 aliphatic rings. The Kier molecular flexibility index (Phi) is 4.65. The fourth-order valence-corrected chi connectivity index (χ4v) is 3.17. The van der Waals surface area contributed by atoms with E-state index in [0.29, 0.717) is 23.6 Å². The van der Waals surface area contributed by atoms with Gasteiger partial charge in [0, 0.05) is 30.7 Å². The van der Waals surface area contributed by atoms with Gasteiger partial charge in [-0.05, 0) is 30.7 Å². The summed E-state index contributed by atoms with van der Waals surface area (Å²) in [6, 6.07) is 13.0. The normalized spacial score (nSPS) is 13.4. The summed E-state index contributed by atoms with van der Waals surface area (Å²) in [4.78, 5) is 24.9. The number of carbonyl (C=O) groups excluding carboxylic acids is 2. The van der Waals surface area contributed by atoms with Crippen molar-refractivity contribution < 1.29 is 23.8 Å². The molecule has 1 aromatic heterocycles. The van der Waals surface area contributed by atoms with Gasteiger partial charge in [-0.25, -0.2) is 4.79 Å². The maximum absolute atomic E-state index is 12.5. The highest BCUT2D eigenvalue weighted by Crippen LogP contribution is 2.32. The second-order valence-corrected chi connectivity index (χ2v) is 6.62. The number of amides is 1. The summed E-state index contributed by atoms with van der Waals surface area (Å²) >= 11 is 0. The lowest BCUT2D eigenvalue weighted by Gasteiger charge is -2.13. The number of rotatable bonds is 5. The molecule has 1 atom stereocenters. The van der Waals surface area contributed by atoms with Gasteiger partial charge >= 0.3 is 5.97 Å². The second-order valence-electron chi connectivity index (χ2n) is 6.62. The van der Waals surface area contributed by atoms with Crippen LogP contribution in [0.3, 0.4) is 0 Å². The van der Waals surface area contributed by atoms with E-state index in [1.54, 1.807) is 19.2 Å². The van der Waals surface area contributed by atoms with Gasteiger partial charge in [-0.3, -0.25) is 4.79 Å². The Morgan fingerprint density at radius 3 is 2.82 bits per heavy atom. The molecule has 144 valence electrons. The van der Waals surface area contributed by atoms with Crippen LogP contribution >= 0.6 is 0 Å². The molecular formula is C21H20N2O5. The van der Waals surface area contributed by atoms with Crippen molar-refractivity contribution in [1.29, 1.82) is 0 Å². The Bertz CT molecular complexity index is 1060. The molecule has 2 heterocycles. The quantitative estimate of drug-likeness (QED) is 0.689. The number of nitrogens with zero attached hydrogens (tertiary/aromatic N) is 1. The fraction of sp³-hybridized carbons (Fsp3) is 0.238. The van der Waals surface area contributed by atoms with E-state index in [1.165, 1.54) is 0 Å². The molecule has 7 nitrogen and oxygen atoms in total. The van der Waals surface area contributed by atoms with Crippen LogP contribution in [0.5, 0.6) is 11.5 Å². The van der Waals surface area contributed by atoms with Crippen molar-refractivity contribution in [2.75, 3.05) is 6.79 Å². The van der Waals surface area contributed by atoms with Gasteiger partial charge in [0.25, 0.3) is 5.91 Å². The summed E-state index contributed by atoms with van der Waals surface area (Å²) in [5, 5.41) is 3.57. The Labute approximate surface area is 161 Å². The van der Waals surface area contributed by atoms with E-state index in [1.807, 2.05) is 48.0 Å². The number of esters is 1. The molecule has 0 unspecified atom stereocenters. The van der Waals surface area contributed by atoms with Crippen LogP contribution in [0.1, 0.15) is 22.8 Å². The highest BCUT2D eigenvalue weighted by atomic mass is 16.7. The lowest BCUT2D eigenvalue weighted by atomic mass is 10.2. The van der Waals surface area contributed by atoms with Gasteiger partial charge in [0.2, 0.25) is 6.79 Å². The molecule has 1 amide bonds. The summed E-state index contributed by atoms with van der Waals surface area (Å²) < 4.78 is 17.8. The van der Waals surface area contributed by atoms with Crippen LogP contribution in [-0.2, 0) is 23.1 Å². The van der Waals surface area contributed by atoms with Gasteiger partial charge in [0.05, 0.1) is 5.56 Å². The van der Waals surface area contributed by atoms with Crippen molar-refractivity contribution in [1.82, 2.24) is 9.88 Å². The standard InChI is InChI=1S/C21H20N2O5/c1-13(20(24)22-10-14-7-8-18-19(9-14)27-12-26-18)28-21(25)16-11-23(2)17-6-4-3-5-15(16)17/h3-9,11,13H,10,12H2,1-2H3,(H,22,24)/t13-/m0/s1. The third-order valence-corrected chi connectivity index (χ3v) is 4.67. The summed E-state index contributed by atoms with van der Waals surface area (Å²) in [7, 11) is 1.86. The van der Waals surface area contributed by atoms with Gasteiger partial charge < -0.3 is 24.1 Å². The molecular weight excluding hydrogens is 360 g/mol. The number of hydrogen-bond donors (Lipinski definition) is 1. The predicted molar refractivity (Wildman–Crippen MR) is 102 cm³/mol. The highest BCUT2D eigenvalue weighted by molar-refractivity contribution is 6.05. The molecule has 0 bridgehead atoms. The lowest BCUT2D eigenvalue weighted by molar-refractivity contribution is -0.129. The first kappa shape index (κ1) is 17.9. The molecule has 1 N–H and O–H groups in total. The van der Waals surface area contributed by atoms with Crippen molar-refractivity contribution in [3.63, 3.8) is 0 Å². The summed E-state index contributed by atoms with van der Waals surface area (Å²) in [6.07, 6.45) is 0.796. The zero-order valence-corrected chi connectivity index (χ0v) is 15.6. The van der Waals surface area contributed by atoms with Crippen LogP contribution in [0.15, 0.2) is 48.7 Å². The van der Waals surface area contributed by atoms with E-state index in [4.69, 9.17) is 14.2 Å². The number of fused-ring (bicyclic) bond motifs is 2. The molecule has 0 saturated heterocycles. The Morgan fingerprint density at radius 2 is 1.96 bits per heavy atom. The number of para-hydroxylation sites is 1. The van der Waals surface area contributed by atoms with Crippen molar-refractivity contribution in [2.24, 2.45) is 7.05 Å². The molecule has 28 heavy (non-hydrogen) atoms. The zero-order chi connectivity index (χ0) is 19.7. The topological polar surface area (TPSA) is 78.8 Å². The minimum atomic E-state index is -0.916. The van der Waals surface area contributed by atoms with E-state index >= 15 is 0 Å². The van der Waals surface area contributed by atoms with Gasteiger partial charge in [0.1, 0.15) is 0 Å². The van der Waals surface area contributed by atoms with Gasteiger partial charge in [-0.15, -0.1) is 0 Å². The predicted octanol–water partition coefficient (Wildman–Crippen LogP) is 2.77. The number of hydrogen-bond acceptors (Lipinski definition) is 5. The molecule has 0 spiro atoms. The van der Waals surface area contributed by atoms with Gasteiger partial charge in [-0.2, -0.15) is 0 Å². The average molecular weight is 380 g/mol. The average Bonchev–Trinajstić information content (AvgIpc) is 3.30. The van der Waals surface area contributed by atoms with Crippen LogP contribution in [-0.4, -0.2) is 29.3 Å². The first-order chi connectivity index (χ1) is 13.5. The van der Waals surface area contributed by atoms with E-state index in [0.717, 1.165) is 16.5 Å². The van der Waals surface area contributed by atoms with Crippen LogP contribution in [0, 0.1) is 0 Å². The summed E-state index contributed by atoms with van der Waals surface area (Å²) in [5.41, 5.74) is 2.23. The first-order valence-electron chi connectivity index (χ1n) is 8.94. The van der Waals surface area contributed by atoms with E-state index in [9.17, 15) is 9.59 Å². The zero-order valence-electron chi connectivity index (χ0n) is 15.6. The molecule has 3 aromatic rings. The molecule has 2 aromatic carbocycles. The van der Waals surface area contributed by atoms with Crippen LogP contribution in [0.4, 0.5) is 0 Å². The van der Waals surface area contributed by atoms with Crippen LogP contribution in [0.25, 0.3) is 10.9 Å². The summed E-state index contributed by atoms with van der Waals surface area (Å²) in [5.74, 6) is 0.448. The van der Waals surface area contributed by atoms with Crippen molar-refractivity contribution >= 4 is 22.8 Å². The molecule has 0 aliphatic carbocycles. The fourth-order valence-electron chi connectivity index (χ4n) is 3.17. The molecule has 0 radical (unpaired) electrons. The Morgan fingerprint density at radius 1 is 1.18 bits per heavy atom. The largest absolute Gasteiger partial charge is 0.454 e. The number of ether oxygens (including phenoxy) is 3. The Balaban J connectivity index is 1.38. The van der Waals surface area contributed by atoms with E-state index in [-0.39, 0.29) is 12.7 Å². The van der Waals surface area contributed by atoms with Gasteiger partial charge in [0.15, 0.2) is 17.6 Å². The molecule has 7 heteroatoms. The molecule has 1 aliphatic heterocycles. The smallest absolute Gasteiger partial charge is 0.341 e. The van der Waals surface area contributed by atoms with E-state index in [2.05, 4.69) is 5.32 Å². The second kappa shape index (κ2) is 7.26. The van der Waals surface area contributed by atoms with Gasteiger partial charge in [-0.1, -0.05) is 24.3 Å². The summed E-state index contributed by atoms with van der Waals surface area (Å²) in [6.45, 7) is 2.05. The minimum Gasteiger partial charge on any atom is -0.454 e. The minimum absolute atomic E-state index is 0.201. The monoisotopic (exact) mass is 380 g/mol. The third-order valence-electron chi connectivity index (χ3n) is 4.67. The van der Waals surface area contributed by atoms with Crippen molar-refractivity contribution in [2.45, 2.75) is 19.6 Å². The number of aryl methyl sites for hydroxylation is 1. The van der Waals surface area contributed by atoms with Crippen LogP contribution in [0.2, 0.25) is 0 Å². The Hall–Kier alpha value is -3.48. The van der Waals surface area contributed by atoms with E-state index < -0.39 is 12.1 Å². The molecule has 4 rings (SSSR count). The van der Waals surface area contributed by atoms with Crippen molar-refractivity contribution in [3.05, 3.63) is 59.8 Å². The lowest BCUT2D eigenvalue weighted by Crippen LogP contribution is -2.35. The first-order valence-corrected chi connectivity index (χ1v) is 8.94. The number of nitrogens with one attached hydrogen (secondary N) is 1. The molecule has 0 fully saturated rings. The SMILES string of the molecule is C[C@H](OC(=O)c1cn(C)c2ccccc12)C(=O)NCc1ccc2c(c1)OCO2. The van der Waals surface area contributed by atoms with Crippen molar-refractivity contribution in [3.8, 4) is 11.5 Å².